The van der Waals surface area contributed by atoms with Gasteiger partial charge in [-0.3, -0.25) is 0 Å². The van der Waals surface area contributed by atoms with Crippen molar-refractivity contribution in [3.63, 3.8) is 0 Å². The van der Waals surface area contributed by atoms with E-state index >= 15 is 0 Å². The Morgan fingerprint density at radius 2 is 2.42 bits per heavy atom. The van der Waals surface area contributed by atoms with Crippen LogP contribution in [0.1, 0.15) is 31.7 Å². The van der Waals surface area contributed by atoms with E-state index in [-0.39, 0.29) is 12.6 Å². The maximum Gasteiger partial charge on any atom is 0.240 e. The molecule has 0 aliphatic carbocycles. The summed E-state index contributed by atoms with van der Waals surface area (Å²) >= 11 is 0. The minimum absolute atomic E-state index is 0.126. The van der Waals surface area contributed by atoms with Gasteiger partial charge in [0.05, 0.1) is 6.54 Å². The molecule has 1 aromatic rings. The second kappa shape index (κ2) is 4.18. The van der Waals surface area contributed by atoms with Crippen molar-refractivity contribution in [2.45, 2.75) is 26.5 Å². The molecule has 1 unspecified atom stereocenters. The molecule has 1 heterocycles. The Hall–Kier alpha value is -0.940. The van der Waals surface area contributed by atoms with Gasteiger partial charge in [-0.15, -0.1) is 0 Å². The maximum atomic E-state index is 5.30. The normalized spacial score (nSPS) is 13.2. The summed E-state index contributed by atoms with van der Waals surface area (Å²) in [7, 11) is 0. The highest BCUT2D eigenvalue weighted by molar-refractivity contribution is 4.88. The monoisotopic (exact) mass is 171 g/mol. The van der Waals surface area contributed by atoms with Gasteiger partial charge in [-0.05, 0) is 13.8 Å². The number of rotatable bonds is 4. The minimum Gasteiger partial charge on any atom is -0.371 e. The molecule has 5 heteroatoms. The summed E-state index contributed by atoms with van der Waals surface area (Å²) in [6, 6.07) is 0. The second-order valence-electron chi connectivity index (χ2n) is 2.35. The zero-order valence-corrected chi connectivity index (χ0v) is 7.28. The van der Waals surface area contributed by atoms with E-state index < -0.39 is 0 Å². The number of ether oxygens (including phenoxy) is 1. The molecule has 12 heavy (non-hydrogen) atoms. The lowest BCUT2D eigenvalue weighted by molar-refractivity contribution is 0.0683. The van der Waals surface area contributed by atoms with Crippen LogP contribution in [0.5, 0.6) is 0 Å². The van der Waals surface area contributed by atoms with Crippen molar-refractivity contribution in [3.8, 4) is 0 Å². The molecular formula is C7H13N3O2. The van der Waals surface area contributed by atoms with Crippen molar-refractivity contribution in [1.29, 1.82) is 0 Å². The van der Waals surface area contributed by atoms with E-state index in [0.717, 1.165) is 0 Å². The van der Waals surface area contributed by atoms with Crippen molar-refractivity contribution < 1.29 is 9.26 Å². The Morgan fingerprint density at radius 1 is 1.67 bits per heavy atom. The SMILES string of the molecule is CCOC(C)c1noc(CN)n1. The largest absolute Gasteiger partial charge is 0.371 e. The van der Waals surface area contributed by atoms with Gasteiger partial charge in [0.25, 0.3) is 0 Å². The van der Waals surface area contributed by atoms with Gasteiger partial charge in [-0.1, -0.05) is 5.16 Å². The third-order valence-electron chi connectivity index (χ3n) is 1.44. The Morgan fingerprint density at radius 3 is 2.92 bits per heavy atom. The van der Waals surface area contributed by atoms with E-state index in [1.165, 1.54) is 0 Å². The van der Waals surface area contributed by atoms with E-state index in [9.17, 15) is 0 Å². The van der Waals surface area contributed by atoms with E-state index in [2.05, 4.69) is 10.1 Å². The lowest BCUT2D eigenvalue weighted by atomic mass is 10.4. The fourth-order valence-corrected chi connectivity index (χ4v) is 0.841. The van der Waals surface area contributed by atoms with Crippen LogP contribution in [0.4, 0.5) is 0 Å². The van der Waals surface area contributed by atoms with Gasteiger partial charge in [0, 0.05) is 6.61 Å². The Kier molecular flexibility index (Phi) is 3.19. The molecule has 0 saturated heterocycles. The molecule has 0 aliphatic rings. The quantitative estimate of drug-likeness (QED) is 0.719. The van der Waals surface area contributed by atoms with Gasteiger partial charge >= 0.3 is 0 Å². The van der Waals surface area contributed by atoms with Crippen LogP contribution in [0, 0.1) is 0 Å². The summed E-state index contributed by atoms with van der Waals surface area (Å²) in [5.41, 5.74) is 5.30. The molecule has 0 aromatic carbocycles. The highest BCUT2D eigenvalue weighted by atomic mass is 16.5. The second-order valence-corrected chi connectivity index (χ2v) is 2.35. The number of nitrogens with two attached hydrogens (primary N) is 1. The summed E-state index contributed by atoms with van der Waals surface area (Å²) < 4.78 is 10.1. The molecule has 68 valence electrons. The van der Waals surface area contributed by atoms with Crippen LogP contribution in [-0.4, -0.2) is 16.7 Å². The van der Waals surface area contributed by atoms with Gasteiger partial charge < -0.3 is 15.0 Å². The standard InChI is InChI=1S/C7H13N3O2/c1-3-11-5(2)7-9-6(4-8)12-10-7/h5H,3-4,8H2,1-2H3. The molecule has 1 atom stereocenters. The Bertz CT molecular complexity index is 236. The molecule has 0 bridgehead atoms. The van der Waals surface area contributed by atoms with Crippen LogP contribution in [0.15, 0.2) is 4.52 Å². The first kappa shape index (κ1) is 9.15. The molecule has 0 aliphatic heterocycles. The maximum absolute atomic E-state index is 5.30. The van der Waals surface area contributed by atoms with E-state index in [1.54, 1.807) is 0 Å². The third-order valence-corrected chi connectivity index (χ3v) is 1.44. The van der Waals surface area contributed by atoms with E-state index in [0.29, 0.717) is 18.3 Å². The molecular weight excluding hydrogens is 158 g/mol. The Labute approximate surface area is 70.9 Å². The number of hydrogen-bond donors (Lipinski definition) is 1. The zero-order valence-electron chi connectivity index (χ0n) is 7.28. The zero-order chi connectivity index (χ0) is 8.97. The van der Waals surface area contributed by atoms with Crippen molar-refractivity contribution in [2.75, 3.05) is 6.61 Å². The minimum atomic E-state index is -0.126. The fourth-order valence-electron chi connectivity index (χ4n) is 0.841. The van der Waals surface area contributed by atoms with Gasteiger partial charge in [-0.25, -0.2) is 0 Å². The number of aromatic nitrogens is 2. The van der Waals surface area contributed by atoms with Crippen LogP contribution >= 0.6 is 0 Å². The molecule has 0 radical (unpaired) electrons. The van der Waals surface area contributed by atoms with E-state index in [4.69, 9.17) is 15.0 Å². The van der Waals surface area contributed by atoms with Crippen LogP contribution in [0.25, 0.3) is 0 Å². The molecule has 1 rings (SSSR count). The number of nitrogens with zero attached hydrogens (tertiary/aromatic N) is 2. The first-order chi connectivity index (χ1) is 5.77. The van der Waals surface area contributed by atoms with Crippen LogP contribution in [0.2, 0.25) is 0 Å². The molecule has 5 nitrogen and oxygen atoms in total. The van der Waals surface area contributed by atoms with Gasteiger partial charge in [0.2, 0.25) is 5.89 Å². The first-order valence-corrected chi connectivity index (χ1v) is 3.92. The topological polar surface area (TPSA) is 74.2 Å². The van der Waals surface area contributed by atoms with Crippen molar-refractivity contribution in [3.05, 3.63) is 11.7 Å². The molecule has 0 spiro atoms. The third kappa shape index (κ3) is 2.02. The lowest BCUT2D eigenvalue weighted by Crippen LogP contribution is -2.02. The van der Waals surface area contributed by atoms with Gasteiger partial charge in [-0.2, -0.15) is 4.98 Å². The van der Waals surface area contributed by atoms with Crippen LogP contribution < -0.4 is 5.73 Å². The summed E-state index contributed by atoms with van der Waals surface area (Å²) in [5.74, 6) is 0.994. The molecule has 1 aromatic heterocycles. The van der Waals surface area contributed by atoms with Crippen molar-refractivity contribution in [2.24, 2.45) is 5.73 Å². The molecule has 0 amide bonds. The average molecular weight is 171 g/mol. The van der Waals surface area contributed by atoms with Crippen molar-refractivity contribution in [1.82, 2.24) is 10.1 Å². The van der Waals surface area contributed by atoms with Gasteiger partial charge in [0.15, 0.2) is 5.82 Å². The predicted molar refractivity (Wildman–Crippen MR) is 42.2 cm³/mol. The summed E-state index contributed by atoms with van der Waals surface area (Å²) in [6.45, 7) is 4.69. The highest BCUT2D eigenvalue weighted by Crippen LogP contribution is 2.11. The summed E-state index contributed by atoms with van der Waals surface area (Å²) in [6.07, 6.45) is -0.126. The van der Waals surface area contributed by atoms with Crippen LogP contribution in [0.3, 0.4) is 0 Å². The van der Waals surface area contributed by atoms with Crippen molar-refractivity contribution >= 4 is 0 Å². The van der Waals surface area contributed by atoms with Crippen LogP contribution in [-0.2, 0) is 11.3 Å². The molecule has 0 saturated carbocycles. The highest BCUT2D eigenvalue weighted by Gasteiger charge is 2.12. The average Bonchev–Trinajstić information content (AvgIpc) is 2.52. The van der Waals surface area contributed by atoms with Gasteiger partial charge in [0.1, 0.15) is 6.10 Å². The first-order valence-electron chi connectivity index (χ1n) is 3.92. The smallest absolute Gasteiger partial charge is 0.240 e. The molecule has 0 fully saturated rings. The molecule has 2 N–H and O–H groups in total. The Balaban J connectivity index is 2.61. The summed E-state index contributed by atoms with van der Waals surface area (Å²) in [5, 5.41) is 3.71. The number of hydrogen-bond acceptors (Lipinski definition) is 5. The van der Waals surface area contributed by atoms with E-state index in [1.807, 2.05) is 13.8 Å². The lowest BCUT2D eigenvalue weighted by Gasteiger charge is -2.04. The summed E-state index contributed by atoms with van der Waals surface area (Å²) in [4.78, 5) is 4.02. The predicted octanol–water partition coefficient (Wildman–Crippen LogP) is 0.626. The fraction of sp³-hybridized carbons (Fsp3) is 0.714.